The molecular formula is C17H24N4O4S. The number of sulfonamides is 1. The Morgan fingerprint density at radius 3 is 2.73 bits per heavy atom. The van der Waals surface area contributed by atoms with Crippen molar-refractivity contribution < 1.29 is 18.0 Å². The lowest BCUT2D eigenvalue weighted by Crippen LogP contribution is -2.58. The number of hydrogen-bond donors (Lipinski definition) is 2. The van der Waals surface area contributed by atoms with Crippen molar-refractivity contribution in [3.05, 3.63) is 24.3 Å². The van der Waals surface area contributed by atoms with Crippen molar-refractivity contribution in [2.75, 3.05) is 24.5 Å². The van der Waals surface area contributed by atoms with Gasteiger partial charge in [-0.05, 0) is 32.0 Å². The maximum absolute atomic E-state index is 12.9. The standard InChI is InChI=1S/C17H24N4O4S/c1-11-12(2)20(7-6-19-11)17(23)13-8-16(22)21(10-13)14-4-3-5-15(9-14)26(18,24)25/h3-5,9,11-13,19H,6-8,10H2,1-2H3,(H2,18,24,25). The van der Waals surface area contributed by atoms with Gasteiger partial charge in [0, 0.05) is 43.8 Å². The molecule has 0 aromatic heterocycles. The first-order valence-electron chi connectivity index (χ1n) is 8.65. The number of carbonyl (C=O) groups excluding carboxylic acids is 2. The summed E-state index contributed by atoms with van der Waals surface area (Å²) >= 11 is 0. The molecule has 0 saturated carbocycles. The lowest BCUT2D eigenvalue weighted by Gasteiger charge is -2.39. The second-order valence-electron chi connectivity index (χ2n) is 6.96. The highest BCUT2D eigenvalue weighted by atomic mass is 32.2. The van der Waals surface area contributed by atoms with Gasteiger partial charge in [0.15, 0.2) is 0 Å². The molecule has 3 rings (SSSR count). The van der Waals surface area contributed by atoms with Crippen LogP contribution < -0.4 is 15.4 Å². The molecule has 3 unspecified atom stereocenters. The van der Waals surface area contributed by atoms with Crippen molar-refractivity contribution in [2.24, 2.45) is 11.1 Å². The molecule has 3 atom stereocenters. The van der Waals surface area contributed by atoms with Crippen molar-refractivity contribution in [1.82, 2.24) is 10.2 Å². The van der Waals surface area contributed by atoms with Crippen LogP contribution in [0.25, 0.3) is 0 Å². The number of piperazine rings is 1. The molecule has 2 heterocycles. The van der Waals surface area contributed by atoms with Gasteiger partial charge in [-0.25, -0.2) is 13.6 Å². The summed E-state index contributed by atoms with van der Waals surface area (Å²) in [4.78, 5) is 28.6. The average Bonchev–Trinajstić information content (AvgIpc) is 2.98. The van der Waals surface area contributed by atoms with Crippen LogP contribution in [0.5, 0.6) is 0 Å². The molecule has 0 bridgehead atoms. The minimum atomic E-state index is -3.85. The fourth-order valence-electron chi connectivity index (χ4n) is 3.55. The van der Waals surface area contributed by atoms with E-state index in [4.69, 9.17) is 5.14 Å². The fraction of sp³-hybridized carbons (Fsp3) is 0.529. The summed E-state index contributed by atoms with van der Waals surface area (Å²) in [7, 11) is -3.85. The average molecular weight is 380 g/mol. The number of nitrogens with two attached hydrogens (primary N) is 1. The molecule has 2 aliphatic rings. The predicted molar refractivity (Wildman–Crippen MR) is 96.9 cm³/mol. The van der Waals surface area contributed by atoms with Crippen LogP contribution >= 0.6 is 0 Å². The van der Waals surface area contributed by atoms with Crippen LogP contribution in [-0.4, -0.2) is 56.9 Å². The van der Waals surface area contributed by atoms with Crippen LogP contribution in [0.15, 0.2) is 29.2 Å². The van der Waals surface area contributed by atoms with Crippen LogP contribution in [0.2, 0.25) is 0 Å². The second-order valence-corrected chi connectivity index (χ2v) is 8.52. The highest BCUT2D eigenvalue weighted by molar-refractivity contribution is 7.89. The molecule has 26 heavy (non-hydrogen) atoms. The van der Waals surface area contributed by atoms with Gasteiger partial charge in [-0.15, -0.1) is 0 Å². The van der Waals surface area contributed by atoms with Crippen molar-refractivity contribution >= 4 is 27.5 Å². The lowest BCUT2D eigenvalue weighted by molar-refractivity contribution is -0.139. The van der Waals surface area contributed by atoms with Gasteiger partial charge in [0.05, 0.1) is 10.8 Å². The van der Waals surface area contributed by atoms with E-state index in [1.54, 1.807) is 6.07 Å². The number of nitrogens with zero attached hydrogens (tertiary/aromatic N) is 2. The number of rotatable bonds is 3. The van der Waals surface area contributed by atoms with Gasteiger partial charge >= 0.3 is 0 Å². The van der Waals surface area contributed by atoms with Gasteiger partial charge in [-0.2, -0.15) is 0 Å². The fourth-order valence-corrected chi connectivity index (χ4v) is 4.11. The normalized spacial score (nSPS) is 27.0. The SMILES string of the molecule is CC1NCCN(C(=O)C2CC(=O)N(c3cccc(S(N)(=O)=O)c3)C2)C1C. The van der Waals surface area contributed by atoms with E-state index < -0.39 is 15.9 Å². The number of nitrogens with one attached hydrogen (secondary N) is 1. The summed E-state index contributed by atoms with van der Waals surface area (Å²) in [5.41, 5.74) is 0.443. The summed E-state index contributed by atoms with van der Waals surface area (Å²) in [5, 5.41) is 8.49. The monoisotopic (exact) mass is 380 g/mol. The van der Waals surface area contributed by atoms with Gasteiger partial charge in [0.1, 0.15) is 0 Å². The van der Waals surface area contributed by atoms with E-state index >= 15 is 0 Å². The maximum atomic E-state index is 12.9. The number of hydrogen-bond acceptors (Lipinski definition) is 5. The summed E-state index contributed by atoms with van der Waals surface area (Å²) in [6, 6.07) is 6.20. The van der Waals surface area contributed by atoms with Crippen LogP contribution in [0, 0.1) is 5.92 Å². The number of anilines is 1. The molecule has 8 nitrogen and oxygen atoms in total. The van der Waals surface area contributed by atoms with E-state index in [-0.39, 0.29) is 41.8 Å². The molecular weight excluding hydrogens is 356 g/mol. The highest BCUT2D eigenvalue weighted by Crippen LogP contribution is 2.28. The number of carbonyl (C=O) groups is 2. The molecule has 0 spiro atoms. The van der Waals surface area contributed by atoms with Crippen molar-refractivity contribution in [2.45, 2.75) is 37.2 Å². The molecule has 2 saturated heterocycles. The van der Waals surface area contributed by atoms with Crippen LogP contribution in [0.3, 0.4) is 0 Å². The van der Waals surface area contributed by atoms with Gasteiger partial charge in [-0.1, -0.05) is 6.07 Å². The van der Waals surface area contributed by atoms with E-state index in [9.17, 15) is 18.0 Å². The van der Waals surface area contributed by atoms with Gasteiger partial charge < -0.3 is 15.1 Å². The number of benzene rings is 1. The minimum Gasteiger partial charge on any atom is -0.337 e. The van der Waals surface area contributed by atoms with Crippen molar-refractivity contribution in [3.63, 3.8) is 0 Å². The Balaban J connectivity index is 1.78. The van der Waals surface area contributed by atoms with Crippen LogP contribution in [0.1, 0.15) is 20.3 Å². The lowest BCUT2D eigenvalue weighted by atomic mass is 10.0. The van der Waals surface area contributed by atoms with E-state index in [1.165, 1.54) is 23.1 Å². The quantitative estimate of drug-likeness (QED) is 0.760. The van der Waals surface area contributed by atoms with E-state index in [0.29, 0.717) is 12.2 Å². The Kier molecular flexibility index (Phi) is 5.05. The number of amides is 2. The Morgan fingerprint density at radius 2 is 2.04 bits per heavy atom. The topological polar surface area (TPSA) is 113 Å². The first kappa shape index (κ1) is 18.8. The van der Waals surface area contributed by atoms with Crippen molar-refractivity contribution in [1.29, 1.82) is 0 Å². The third-order valence-electron chi connectivity index (χ3n) is 5.25. The maximum Gasteiger partial charge on any atom is 0.238 e. The third kappa shape index (κ3) is 3.60. The molecule has 0 radical (unpaired) electrons. The zero-order valence-electron chi connectivity index (χ0n) is 14.9. The summed E-state index contributed by atoms with van der Waals surface area (Å²) < 4.78 is 23.1. The van der Waals surface area contributed by atoms with Crippen LogP contribution in [0.4, 0.5) is 5.69 Å². The number of primary sulfonamides is 1. The van der Waals surface area contributed by atoms with Crippen molar-refractivity contribution in [3.8, 4) is 0 Å². The first-order valence-corrected chi connectivity index (χ1v) is 10.2. The van der Waals surface area contributed by atoms with Gasteiger partial charge in [-0.3, -0.25) is 9.59 Å². The molecule has 1 aromatic rings. The third-order valence-corrected chi connectivity index (χ3v) is 6.16. The predicted octanol–water partition coefficient (Wildman–Crippen LogP) is -0.104. The largest absolute Gasteiger partial charge is 0.337 e. The molecule has 9 heteroatoms. The second kappa shape index (κ2) is 6.98. The molecule has 2 aliphatic heterocycles. The molecule has 3 N–H and O–H groups in total. The Bertz CT molecular complexity index is 826. The van der Waals surface area contributed by atoms with E-state index in [1.807, 2.05) is 18.7 Å². The highest BCUT2D eigenvalue weighted by Gasteiger charge is 2.39. The smallest absolute Gasteiger partial charge is 0.238 e. The molecule has 1 aromatic carbocycles. The summed E-state index contributed by atoms with van der Waals surface area (Å²) in [6.07, 6.45) is 0.128. The zero-order chi connectivity index (χ0) is 19.1. The Labute approximate surface area is 153 Å². The zero-order valence-corrected chi connectivity index (χ0v) is 15.7. The van der Waals surface area contributed by atoms with Gasteiger partial charge in [0.2, 0.25) is 21.8 Å². The first-order chi connectivity index (χ1) is 12.2. The minimum absolute atomic E-state index is 0.0238. The summed E-state index contributed by atoms with van der Waals surface area (Å²) in [5.74, 6) is -0.636. The molecule has 2 fully saturated rings. The molecule has 2 amide bonds. The Morgan fingerprint density at radius 1 is 1.31 bits per heavy atom. The molecule has 142 valence electrons. The van der Waals surface area contributed by atoms with Gasteiger partial charge in [0.25, 0.3) is 0 Å². The molecule has 0 aliphatic carbocycles. The Hall–Kier alpha value is -1.97. The van der Waals surface area contributed by atoms with E-state index in [0.717, 1.165) is 6.54 Å². The van der Waals surface area contributed by atoms with Crippen LogP contribution in [-0.2, 0) is 19.6 Å². The van der Waals surface area contributed by atoms with E-state index in [2.05, 4.69) is 5.32 Å². The summed E-state index contributed by atoms with van der Waals surface area (Å²) in [6.45, 7) is 5.64.